The molecule has 0 unspecified atom stereocenters. The Labute approximate surface area is 156 Å². The van der Waals surface area contributed by atoms with E-state index >= 15 is 0 Å². The summed E-state index contributed by atoms with van der Waals surface area (Å²) in [6.45, 7) is 5.05. The average Bonchev–Trinajstić information content (AvgIpc) is 3.04. The zero-order valence-electron chi connectivity index (χ0n) is 15.2. The number of aryl methyl sites for hydroxylation is 2. The van der Waals surface area contributed by atoms with Crippen molar-refractivity contribution in [2.24, 2.45) is 0 Å². The number of ketones is 1. The lowest BCUT2D eigenvalue weighted by Crippen LogP contribution is -2.14. The largest absolute Gasteiger partial charge is 0.507 e. The molecule has 0 spiro atoms. The van der Waals surface area contributed by atoms with E-state index in [-0.39, 0.29) is 23.3 Å². The second-order valence-corrected chi connectivity index (χ2v) is 8.92. The molecule has 2 aromatic rings. The van der Waals surface area contributed by atoms with Crippen molar-refractivity contribution in [3.63, 3.8) is 0 Å². The van der Waals surface area contributed by atoms with Gasteiger partial charge in [-0.3, -0.25) is 9.48 Å². The van der Waals surface area contributed by atoms with E-state index in [0.29, 0.717) is 17.7 Å². The van der Waals surface area contributed by atoms with Gasteiger partial charge < -0.3 is 9.52 Å². The van der Waals surface area contributed by atoms with Gasteiger partial charge in [-0.05, 0) is 39.3 Å². The zero-order valence-corrected chi connectivity index (χ0v) is 16.0. The van der Waals surface area contributed by atoms with Crippen molar-refractivity contribution in [1.82, 2.24) is 9.78 Å². The highest BCUT2D eigenvalue weighted by Gasteiger charge is 2.31. The molecule has 0 radical (unpaired) electrons. The SMILES string of the molecule is Cc1cc(O)c(C(=O)/C=C/c2c(C)nn([C@H]3CCS(=O)(=O)C3)c2C)c(=O)o1. The lowest BCUT2D eigenvalue weighted by molar-refractivity contribution is 0.104. The van der Waals surface area contributed by atoms with Crippen LogP contribution in [0, 0.1) is 20.8 Å². The van der Waals surface area contributed by atoms with Crippen molar-refractivity contribution in [1.29, 1.82) is 0 Å². The molecule has 0 bridgehead atoms. The summed E-state index contributed by atoms with van der Waals surface area (Å²) in [5, 5.41) is 14.3. The van der Waals surface area contributed by atoms with E-state index in [1.165, 1.54) is 25.1 Å². The molecule has 1 aliphatic heterocycles. The van der Waals surface area contributed by atoms with Gasteiger partial charge in [-0.15, -0.1) is 0 Å². The van der Waals surface area contributed by atoms with Crippen LogP contribution < -0.4 is 5.63 Å². The van der Waals surface area contributed by atoms with Crippen LogP contribution in [0.3, 0.4) is 0 Å². The van der Waals surface area contributed by atoms with Crippen LogP contribution in [0.1, 0.15) is 45.5 Å². The summed E-state index contributed by atoms with van der Waals surface area (Å²) in [5.74, 6) is -0.718. The third-order valence-corrected chi connectivity index (χ3v) is 6.39. The van der Waals surface area contributed by atoms with Crippen LogP contribution >= 0.6 is 0 Å². The molecule has 1 aliphatic rings. The van der Waals surface area contributed by atoms with E-state index in [4.69, 9.17) is 4.42 Å². The summed E-state index contributed by atoms with van der Waals surface area (Å²) >= 11 is 0. The lowest BCUT2D eigenvalue weighted by Gasteiger charge is -2.10. The number of nitrogens with zero attached hydrogens (tertiary/aromatic N) is 2. The molecule has 144 valence electrons. The minimum Gasteiger partial charge on any atom is -0.507 e. The minimum absolute atomic E-state index is 0.0509. The summed E-state index contributed by atoms with van der Waals surface area (Å²) in [6, 6.07) is 0.983. The highest BCUT2D eigenvalue weighted by molar-refractivity contribution is 7.91. The van der Waals surface area contributed by atoms with E-state index < -0.39 is 32.6 Å². The summed E-state index contributed by atoms with van der Waals surface area (Å²) < 4.78 is 30.0. The summed E-state index contributed by atoms with van der Waals surface area (Å²) in [4.78, 5) is 24.2. The molecule has 1 fully saturated rings. The Hall–Kier alpha value is -2.68. The molecule has 0 amide bonds. The smallest absolute Gasteiger partial charge is 0.351 e. The maximum Gasteiger partial charge on any atom is 0.351 e. The Morgan fingerprint density at radius 3 is 2.67 bits per heavy atom. The number of rotatable bonds is 4. The first-order chi connectivity index (χ1) is 12.6. The molecule has 0 saturated carbocycles. The first kappa shape index (κ1) is 19.1. The van der Waals surface area contributed by atoms with Crippen molar-refractivity contribution in [2.45, 2.75) is 33.2 Å². The van der Waals surface area contributed by atoms with Crippen LogP contribution in [0.15, 0.2) is 21.4 Å². The Morgan fingerprint density at radius 2 is 2.07 bits per heavy atom. The Kier molecular flexibility index (Phi) is 4.81. The van der Waals surface area contributed by atoms with E-state index in [1.807, 2.05) is 0 Å². The molecular formula is C18H20N2O6S. The number of carbonyl (C=O) groups excluding carboxylic acids is 1. The van der Waals surface area contributed by atoms with Gasteiger partial charge in [0.2, 0.25) is 0 Å². The molecular weight excluding hydrogens is 372 g/mol. The molecule has 8 nitrogen and oxygen atoms in total. The fourth-order valence-electron chi connectivity index (χ4n) is 3.31. The predicted molar refractivity (Wildman–Crippen MR) is 98.8 cm³/mol. The molecule has 0 aromatic carbocycles. The third kappa shape index (κ3) is 3.73. The average molecular weight is 392 g/mol. The van der Waals surface area contributed by atoms with Crippen LogP contribution in [0.25, 0.3) is 6.08 Å². The van der Waals surface area contributed by atoms with Crippen molar-refractivity contribution in [3.8, 4) is 5.75 Å². The van der Waals surface area contributed by atoms with E-state index in [2.05, 4.69) is 5.10 Å². The topological polar surface area (TPSA) is 119 Å². The molecule has 1 N–H and O–H groups in total. The number of hydrogen-bond donors (Lipinski definition) is 1. The summed E-state index contributed by atoms with van der Waals surface area (Å²) in [5.41, 5.74) is 0.715. The fourth-order valence-corrected chi connectivity index (χ4v) is 5.00. The maximum atomic E-state index is 12.3. The molecule has 3 heterocycles. The van der Waals surface area contributed by atoms with E-state index in [1.54, 1.807) is 18.5 Å². The highest BCUT2D eigenvalue weighted by Crippen LogP contribution is 2.27. The van der Waals surface area contributed by atoms with Crippen LogP contribution in [0.2, 0.25) is 0 Å². The summed E-state index contributed by atoms with van der Waals surface area (Å²) in [6.07, 6.45) is 3.19. The molecule has 0 aliphatic carbocycles. The van der Waals surface area contributed by atoms with E-state index in [0.717, 1.165) is 5.69 Å². The van der Waals surface area contributed by atoms with Gasteiger partial charge in [0.05, 0.1) is 23.2 Å². The third-order valence-electron chi connectivity index (χ3n) is 4.64. The van der Waals surface area contributed by atoms with Gasteiger partial charge >= 0.3 is 5.63 Å². The normalized spacial score (nSPS) is 19.0. The Morgan fingerprint density at radius 1 is 1.37 bits per heavy atom. The van der Waals surface area contributed by atoms with Crippen LogP contribution in [-0.2, 0) is 9.84 Å². The lowest BCUT2D eigenvalue weighted by atomic mass is 10.1. The predicted octanol–water partition coefficient (Wildman–Crippen LogP) is 1.72. The van der Waals surface area contributed by atoms with Crippen molar-refractivity contribution in [3.05, 3.63) is 50.8 Å². The standard InChI is InChI=1S/C18H20N2O6S/c1-10-8-16(22)17(18(23)26-10)15(21)5-4-14-11(2)19-20(12(14)3)13-6-7-27(24,25)9-13/h4-5,8,13,22H,6-7,9H2,1-3H3/b5-4+/t13-/m0/s1. The van der Waals surface area contributed by atoms with Gasteiger partial charge in [-0.2, -0.15) is 5.10 Å². The Balaban J connectivity index is 1.90. The monoisotopic (exact) mass is 392 g/mol. The Bertz CT molecular complexity index is 1110. The van der Waals surface area contributed by atoms with Crippen molar-refractivity contribution >= 4 is 21.7 Å². The van der Waals surface area contributed by atoms with Crippen molar-refractivity contribution in [2.75, 3.05) is 11.5 Å². The molecule has 1 saturated heterocycles. The quantitative estimate of drug-likeness (QED) is 0.621. The minimum atomic E-state index is -3.04. The van der Waals surface area contributed by atoms with Crippen molar-refractivity contribution < 1.29 is 22.7 Å². The number of aromatic nitrogens is 2. The van der Waals surface area contributed by atoms with Gasteiger partial charge in [0, 0.05) is 17.3 Å². The number of allylic oxidation sites excluding steroid dienone is 1. The van der Waals surface area contributed by atoms with Crippen LogP contribution in [-0.4, -0.2) is 40.6 Å². The number of sulfone groups is 1. The molecule has 1 atom stereocenters. The maximum absolute atomic E-state index is 12.3. The second-order valence-electron chi connectivity index (χ2n) is 6.69. The van der Waals surface area contributed by atoms with Crippen LogP contribution in [0.4, 0.5) is 0 Å². The summed E-state index contributed by atoms with van der Waals surface area (Å²) in [7, 11) is -3.04. The first-order valence-electron chi connectivity index (χ1n) is 8.41. The second kappa shape index (κ2) is 6.80. The molecule has 27 heavy (non-hydrogen) atoms. The van der Waals surface area contributed by atoms with Crippen LogP contribution in [0.5, 0.6) is 5.75 Å². The zero-order chi connectivity index (χ0) is 19.9. The number of carbonyl (C=O) groups is 1. The van der Waals surface area contributed by atoms with E-state index in [9.17, 15) is 23.1 Å². The van der Waals surface area contributed by atoms with Gasteiger partial charge in [0.15, 0.2) is 15.6 Å². The molecule has 2 aromatic heterocycles. The van der Waals surface area contributed by atoms with Gasteiger partial charge in [0.1, 0.15) is 17.1 Å². The number of hydrogen-bond acceptors (Lipinski definition) is 7. The molecule has 3 rings (SSSR count). The molecule has 9 heteroatoms. The van der Waals surface area contributed by atoms with Gasteiger partial charge in [-0.1, -0.05) is 0 Å². The van der Waals surface area contributed by atoms with Gasteiger partial charge in [-0.25, -0.2) is 13.2 Å². The highest BCUT2D eigenvalue weighted by atomic mass is 32.2. The van der Waals surface area contributed by atoms with Gasteiger partial charge in [0.25, 0.3) is 0 Å². The first-order valence-corrected chi connectivity index (χ1v) is 10.2. The number of aromatic hydroxyl groups is 1. The fraction of sp³-hybridized carbons (Fsp3) is 0.389.